The Kier molecular flexibility index (Phi) is 11.5. The molecule has 4 aromatic rings. The molecule has 6 rings (SSSR count). The van der Waals surface area contributed by atoms with Crippen molar-refractivity contribution in [2.75, 3.05) is 23.7 Å². The predicted octanol–water partition coefficient (Wildman–Crippen LogP) is 7.54. The summed E-state index contributed by atoms with van der Waals surface area (Å²) in [7, 11) is 0. The molecule has 0 atom stereocenters. The Labute approximate surface area is 304 Å². The lowest BCUT2D eigenvalue weighted by Crippen LogP contribution is -2.31. The lowest BCUT2D eigenvalue weighted by Gasteiger charge is -2.14. The molecule has 2 saturated heterocycles. The van der Waals surface area contributed by atoms with Crippen LogP contribution >= 0.6 is 70.6 Å². The van der Waals surface area contributed by atoms with Gasteiger partial charge in [-0.2, -0.15) is 0 Å². The van der Waals surface area contributed by atoms with Crippen LogP contribution in [0.3, 0.4) is 0 Å². The highest BCUT2D eigenvalue weighted by molar-refractivity contribution is 8.29. The number of carbonyl (C=O) groups excluding carboxylic acids is 4. The van der Waals surface area contributed by atoms with Crippen molar-refractivity contribution in [1.82, 2.24) is 19.8 Å². The van der Waals surface area contributed by atoms with Crippen molar-refractivity contribution >= 4 is 134 Å². The molecule has 0 radical (unpaired) electrons. The maximum atomic E-state index is 13.3. The number of thiazole rings is 2. The molecule has 4 heterocycles. The number of thioether (sulfide) groups is 2. The van der Waals surface area contributed by atoms with Crippen molar-refractivity contribution in [3.05, 3.63) is 58.3 Å². The molecule has 2 aromatic carbocycles. The Morgan fingerprint density at radius 3 is 1.46 bits per heavy atom. The maximum Gasteiger partial charge on any atom is 0.267 e. The number of fused-ring (bicyclic) bond motifs is 2. The Bertz CT molecular complexity index is 1750. The van der Waals surface area contributed by atoms with Gasteiger partial charge in [0.25, 0.3) is 11.8 Å². The molecule has 4 amide bonds. The van der Waals surface area contributed by atoms with Crippen LogP contribution in [0.4, 0.5) is 10.3 Å². The Hall–Kier alpha value is -3.28. The van der Waals surface area contributed by atoms with Gasteiger partial charge in [-0.3, -0.25) is 29.0 Å². The predicted molar refractivity (Wildman–Crippen MR) is 204 cm³/mol. The Morgan fingerprint density at radius 1 is 0.625 bits per heavy atom. The van der Waals surface area contributed by atoms with Gasteiger partial charge in [-0.15, -0.1) is 0 Å². The summed E-state index contributed by atoms with van der Waals surface area (Å²) < 4.78 is 2.87. The largest absolute Gasteiger partial charge is 0.302 e. The zero-order valence-corrected chi connectivity index (χ0v) is 30.5. The van der Waals surface area contributed by atoms with Crippen LogP contribution < -0.4 is 10.6 Å². The monoisotopic (exact) mass is 754 g/mol. The van der Waals surface area contributed by atoms with E-state index in [-0.39, 0.29) is 23.6 Å². The average Bonchev–Trinajstić information content (AvgIpc) is 3.80. The summed E-state index contributed by atoms with van der Waals surface area (Å²) in [6.45, 7) is 0.834. The number of amides is 4. The zero-order chi connectivity index (χ0) is 33.6. The van der Waals surface area contributed by atoms with Gasteiger partial charge in [0.05, 0.1) is 30.2 Å². The third-order valence-corrected chi connectivity index (χ3v) is 12.5. The number of unbranched alkanes of at least 4 members (excludes halogenated alkanes) is 4. The summed E-state index contributed by atoms with van der Waals surface area (Å²) in [4.78, 5) is 63.9. The quantitative estimate of drug-likeness (QED) is 0.0759. The third kappa shape index (κ3) is 8.29. The molecule has 2 aliphatic rings. The number of anilines is 2. The summed E-state index contributed by atoms with van der Waals surface area (Å²) in [5, 5.41) is 6.91. The molecule has 2 aromatic heterocycles. The summed E-state index contributed by atoms with van der Waals surface area (Å²) >= 11 is 16.1. The van der Waals surface area contributed by atoms with Gasteiger partial charge in [-0.25, -0.2) is 9.97 Å². The zero-order valence-electron chi connectivity index (χ0n) is 25.6. The topological polar surface area (TPSA) is 125 Å². The molecule has 0 saturated carbocycles. The molecule has 248 valence electrons. The van der Waals surface area contributed by atoms with E-state index in [9.17, 15) is 19.2 Å². The van der Waals surface area contributed by atoms with E-state index < -0.39 is 0 Å². The van der Waals surface area contributed by atoms with Gasteiger partial charge in [-0.1, -0.05) is 108 Å². The van der Waals surface area contributed by atoms with E-state index in [4.69, 9.17) is 24.4 Å². The van der Waals surface area contributed by atoms with Crippen molar-refractivity contribution in [3.8, 4) is 0 Å². The lowest BCUT2D eigenvalue weighted by molar-refractivity contribution is -0.124. The van der Waals surface area contributed by atoms with E-state index in [1.807, 2.05) is 48.5 Å². The van der Waals surface area contributed by atoms with E-state index in [1.54, 1.807) is 0 Å². The molecule has 48 heavy (non-hydrogen) atoms. The summed E-state index contributed by atoms with van der Waals surface area (Å²) in [6, 6.07) is 15.5. The van der Waals surface area contributed by atoms with Crippen LogP contribution in [0.1, 0.15) is 51.4 Å². The standard InChI is InChI=1S/C32H30N6O4S6/c39-23(35-29-33-19-11-5-7-13-21(19)45-29)15-3-1-9-17-37-27(41)25(47-31(37)43)26-28(42)38(32(44)48-26)18-10-2-4-16-24(40)36-30-34-20-12-6-8-14-22(20)46-30/h5-8,11-14H,1-4,9-10,15-18H2,(H,33,35,39)(H,34,36,40). The van der Waals surface area contributed by atoms with Gasteiger partial charge in [-0.05, 0) is 49.9 Å². The SMILES string of the molecule is O=C(CCCCCN1C(=O)C(=C2SC(=S)N(CCCCCC(=O)Nc3nc4ccccc4s3)C2=O)SC1=S)Nc1nc2ccccc2s1. The van der Waals surface area contributed by atoms with Crippen LogP contribution in [0.2, 0.25) is 0 Å². The first-order valence-electron chi connectivity index (χ1n) is 15.4. The fraction of sp³-hybridized carbons (Fsp3) is 0.312. The number of carbonyl (C=O) groups is 4. The summed E-state index contributed by atoms with van der Waals surface area (Å²) in [5.41, 5.74) is 1.72. The fourth-order valence-corrected chi connectivity index (χ4v) is 9.67. The fourth-order valence-electron chi connectivity index (χ4n) is 5.14. The lowest BCUT2D eigenvalue weighted by atomic mass is 10.2. The average molecular weight is 755 g/mol. The van der Waals surface area contributed by atoms with Gasteiger partial charge in [0.1, 0.15) is 8.64 Å². The summed E-state index contributed by atoms with van der Waals surface area (Å²) in [6.07, 6.45) is 4.87. The molecule has 10 nitrogen and oxygen atoms in total. The molecule has 2 fully saturated rings. The number of benzene rings is 2. The number of thiocarbonyl (C=S) groups is 2. The first-order chi connectivity index (χ1) is 23.3. The van der Waals surface area contributed by atoms with Gasteiger partial charge in [0.15, 0.2) is 10.3 Å². The number of para-hydroxylation sites is 2. The molecule has 2 aliphatic heterocycles. The third-order valence-electron chi connectivity index (χ3n) is 7.56. The van der Waals surface area contributed by atoms with Crippen LogP contribution in [0, 0.1) is 0 Å². The highest BCUT2D eigenvalue weighted by atomic mass is 32.2. The van der Waals surface area contributed by atoms with Crippen molar-refractivity contribution in [3.63, 3.8) is 0 Å². The second-order valence-electron chi connectivity index (χ2n) is 11.0. The maximum absolute atomic E-state index is 13.3. The van der Waals surface area contributed by atoms with Gasteiger partial charge in [0.2, 0.25) is 11.8 Å². The Morgan fingerprint density at radius 2 is 1.04 bits per heavy atom. The van der Waals surface area contributed by atoms with E-state index in [0.29, 0.717) is 80.3 Å². The minimum Gasteiger partial charge on any atom is -0.302 e. The highest BCUT2D eigenvalue weighted by Crippen LogP contribution is 2.42. The van der Waals surface area contributed by atoms with Crippen molar-refractivity contribution in [1.29, 1.82) is 0 Å². The first kappa shape index (κ1) is 34.6. The van der Waals surface area contributed by atoms with Crippen LogP contribution in [-0.4, -0.2) is 65.1 Å². The Balaban J connectivity index is 0.900. The first-order valence-corrected chi connectivity index (χ1v) is 19.5. The molecule has 0 spiro atoms. The van der Waals surface area contributed by atoms with Gasteiger partial charge >= 0.3 is 0 Å². The number of nitrogens with zero attached hydrogens (tertiary/aromatic N) is 4. The normalized spacial score (nSPS) is 16.6. The van der Waals surface area contributed by atoms with Crippen LogP contribution in [0.15, 0.2) is 58.3 Å². The van der Waals surface area contributed by atoms with Crippen LogP contribution in [0.25, 0.3) is 20.4 Å². The molecule has 0 aliphatic carbocycles. The van der Waals surface area contributed by atoms with Crippen molar-refractivity contribution in [2.45, 2.75) is 51.4 Å². The van der Waals surface area contributed by atoms with Gasteiger partial charge < -0.3 is 10.6 Å². The molecular formula is C32H30N6O4S6. The molecular weight excluding hydrogens is 725 g/mol. The van der Waals surface area contributed by atoms with E-state index in [2.05, 4.69) is 20.6 Å². The number of nitrogens with one attached hydrogen (secondary N) is 2. The number of rotatable bonds is 14. The number of aromatic nitrogens is 2. The molecule has 2 N–H and O–H groups in total. The second-order valence-corrected chi connectivity index (χ2v) is 16.3. The number of hydrogen-bond donors (Lipinski definition) is 2. The highest BCUT2D eigenvalue weighted by Gasteiger charge is 2.41. The van der Waals surface area contributed by atoms with E-state index in [0.717, 1.165) is 56.8 Å². The van der Waals surface area contributed by atoms with Crippen molar-refractivity contribution in [2.24, 2.45) is 0 Å². The molecule has 0 unspecified atom stereocenters. The van der Waals surface area contributed by atoms with Crippen molar-refractivity contribution < 1.29 is 19.2 Å². The molecule has 16 heteroatoms. The van der Waals surface area contributed by atoms with E-state index in [1.165, 1.54) is 32.5 Å². The van der Waals surface area contributed by atoms with Crippen LogP contribution in [-0.2, 0) is 19.2 Å². The minimum atomic E-state index is -0.279. The van der Waals surface area contributed by atoms with Crippen LogP contribution in [0.5, 0.6) is 0 Å². The summed E-state index contributed by atoms with van der Waals surface area (Å²) in [5.74, 6) is -0.739. The van der Waals surface area contributed by atoms with E-state index >= 15 is 0 Å². The number of hydrogen-bond acceptors (Lipinski definition) is 12. The van der Waals surface area contributed by atoms with Gasteiger partial charge in [0, 0.05) is 25.9 Å². The smallest absolute Gasteiger partial charge is 0.267 e. The second kappa shape index (κ2) is 16.0. The minimum absolute atomic E-state index is 0.0900. The molecule has 0 bridgehead atoms.